The predicted octanol–water partition coefficient (Wildman–Crippen LogP) is 2.04. The molecule has 0 bridgehead atoms. The number of rotatable bonds is 4. The number of hydrogen-bond acceptors (Lipinski definition) is 6. The first-order chi connectivity index (χ1) is 9.10. The second-order valence-electron chi connectivity index (χ2n) is 4.01. The van der Waals surface area contributed by atoms with Crippen LogP contribution in [0, 0.1) is 6.92 Å². The first-order valence-corrected chi connectivity index (χ1v) is 6.59. The smallest absolute Gasteiger partial charge is 0.376 e. The van der Waals surface area contributed by atoms with Crippen LogP contribution in [-0.2, 0) is 11.3 Å². The van der Waals surface area contributed by atoms with Crippen molar-refractivity contribution >= 4 is 17.3 Å². The van der Waals surface area contributed by atoms with Crippen molar-refractivity contribution in [2.45, 2.75) is 13.3 Å². The summed E-state index contributed by atoms with van der Waals surface area (Å²) in [5, 5.41) is 11.9. The molecule has 0 saturated carbocycles. The SMILES string of the molecule is CNOC(=O)c1csc(Cc2cc(O)ccc2C)n1. The monoisotopic (exact) mass is 278 g/mol. The van der Waals surface area contributed by atoms with Crippen LogP contribution in [-0.4, -0.2) is 23.1 Å². The van der Waals surface area contributed by atoms with Crippen molar-refractivity contribution < 1.29 is 14.7 Å². The molecular weight excluding hydrogens is 264 g/mol. The van der Waals surface area contributed by atoms with Crippen LogP contribution in [0.4, 0.5) is 0 Å². The van der Waals surface area contributed by atoms with E-state index in [1.54, 1.807) is 17.5 Å². The molecule has 100 valence electrons. The van der Waals surface area contributed by atoms with Gasteiger partial charge in [0.05, 0.1) is 5.01 Å². The van der Waals surface area contributed by atoms with E-state index in [9.17, 15) is 9.90 Å². The molecule has 2 N–H and O–H groups in total. The summed E-state index contributed by atoms with van der Waals surface area (Å²) >= 11 is 1.39. The Labute approximate surface area is 114 Å². The number of hydrogen-bond donors (Lipinski definition) is 2. The Balaban J connectivity index is 2.15. The molecule has 0 radical (unpaired) electrons. The molecule has 0 aliphatic rings. The van der Waals surface area contributed by atoms with Crippen molar-refractivity contribution in [3.05, 3.63) is 45.4 Å². The quantitative estimate of drug-likeness (QED) is 0.837. The van der Waals surface area contributed by atoms with Crippen molar-refractivity contribution in [2.24, 2.45) is 0 Å². The minimum Gasteiger partial charge on any atom is -0.508 e. The van der Waals surface area contributed by atoms with Crippen LogP contribution in [0.3, 0.4) is 0 Å². The predicted molar refractivity (Wildman–Crippen MR) is 72.2 cm³/mol. The molecule has 0 fully saturated rings. The molecule has 0 spiro atoms. The van der Waals surface area contributed by atoms with Gasteiger partial charge < -0.3 is 9.94 Å². The van der Waals surface area contributed by atoms with Gasteiger partial charge in [-0.1, -0.05) is 6.07 Å². The lowest BCUT2D eigenvalue weighted by Gasteiger charge is -2.04. The molecule has 0 aliphatic heterocycles. The van der Waals surface area contributed by atoms with Crippen LogP contribution in [0.1, 0.15) is 26.6 Å². The van der Waals surface area contributed by atoms with E-state index < -0.39 is 5.97 Å². The van der Waals surface area contributed by atoms with Crippen LogP contribution >= 0.6 is 11.3 Å². The second-order valence-corrected chi connectivity index (χ2v) is 4.95. The molecule has 2 rings (SSSR count). The molecule has 0 unspecified atom stereocenters. The van der Waals surface area contributed by atoms with Crippen molar-refractivity contribution in [3.8, 4) is 5.75 Å². The Morgan fingerprint density at radius 1 is 1.53 bits per heavy atom. The number of benzene rings is 1. The number of aromatic nitrogens is 1. The Kier molecular flexibility index (Phi) is 4.13. The van der Waals surface area contributed by atoms with Gasteiger partial charge in [-0.2, -0.15) is 5.48 Å². The third-order valence-electron chi connectivity index (χ3n) is 2.63. The molecule has 0 atom stereocenters. The highest BCUT2D eigenvalue weighted by Crippen LogP contribution is 2.21. The second kappa shape index (κ2) is 5.81. The molecule has 1 aromatic heterocycles. The van der Waals surface area contributed by atoms with E-state index in [1.807, 2.05) is 13.0 Å². The van der Waals surface area contributed by atoms with Gasteiger partial charge in [0.2, 0.25) is 0 Å². The van der Waals surface area contributed by atoms with Gasteiger partial charge in [-0.25, -0.2) is 9.78 Å². The lowest BCUT2D eigenvalue weighted by molar-refractivity contribution is 0.0303. The summed E-state index contributed by atoms with van der Waals surface area (Å²) in [6, 6.07) is 5.22. The number of nitrogens with one attached hydrogen (secondary N) is 1. The Morgan fingerprint density at radius 2 is 2.32 bits per heavy atom. The fourth-order valence-corrected chi connectivity index (χ4v) is 2.43. The molecule has 0 amide bonds. The molecule has 0 saturated heterocycles. The number of thiazole rings is 1. The van der Waals surface area contributed by atoms with E-state index in [2.05, 4.69) is 15.3 Å². The maximum Gasteiger partial charge on any atom is 0.376 e. The lowest BCUT2D eigenvalue weighted by Crippen LogP contribution is -2.15. The van der Waals surface area contributed by atoms with E-state index in [0.29, 0.717) is 6.42 Å². The summed E-state index contributed by atoms with van der Waals surface area (Å²) in [7, 11) is 1.52. The summed E-state index contributed by atoms with van der Waals surface area (Å²) in [6.07, 6.45) is 0.581. The van der Waals surface area contributed by atoms with E-state index in [1.165, 1.54) is 18.4 Å². The van der Waals surface area contributed by atoms with Gasteiger partial charge in [-0.05, 0) is 30.2 Å². The van der Waals surface area contributed by atoms with E-state index in [0.717, 1.165) is 16.1 Å². The van der Waals surface area contributed by atoms with Gasteiger partial charge in [0.1, 0.15) is 5.75 Å². The van der Waals surface area contributed by atoms with Crippen molar-refractivity contribution in [3.63, 3.8) is 0 Å². The Hall–Kier alpha value is -1.92. The maximum absolute atomic E-state index is 11.5. The number of phenolic OH excluding ortho intramolecular Hbond substituents is 1. The highest BCUT2D eigenvalue weighted by molar-refractivity contribution is 7.09. The van der Waals surface area contributed by atoms with Crippen LogP contribution < -0.4 is 5.48 Å². The number of aryl methyl sites for hydroxylation is 1. The van der Waals surface area contributed by atoms with E-state index in [4.69, 9.17) is 0 Å². The van der Waals surface area contributed by atoms with Gasteiger partial charge in [-0.3, -0.25) is 0 Å². The minimum atomic E-state index is -0.502. The zero-order chi connectivity index (χ0) is 13.8. The molecule has 0 aliphatic carbocycles. The van der Waals surface area contributed by atoms with Gasteiger partial charge in [0.25, 0.3) is 0 Å². The normalized spacial score (nSPS) is 10.4. The standard InChI is InChI=1S/C13H14N2O3S/c1-8-3-4-10(16)5-9(8)6-12-15-11(7-19-12)13(17)18-14-2/h3-5,7,14,16H,6H2,1-2H3. The molecule has 5 nitrogen and oxygen atoms in total. The van der Waals surface area contributed by atoms with Gasteiger partial charge in [0, 0.05) is 18.8 Å². The number of hydroxylamine groups is 1. The third kappa shape index (κ3) is 3.30. The Morgan fingerprint density at radius 3 is 3.05 bits per heavy atom. The first kappa shape index (κ1) is 13.5. The van der Waals surface area contributed by atoms with Crippen molar-refractivity contribution in [1.82, 2.24) is 10.5 Å². The first-order valence-electron chi connectivity index (χ1n) is 5.71. The topological polar surface area (TPSA) is 71.5 Å². The van der Waals surface area contributed by atoms with Gasteiger partial charge in [-0.15, -0.1) is 11.3 Å². The molecule has 19 heavy (non-hydrogen) atoms. The molecule has 2 aromatic rings. The molecular formula is C13H14N2O3S. The van der Waals surface area contributed by atoms with E-state index >= 15 is 0 Å². The summed E-state index contributed by atoms with van der Waals surface area (Å²) in [5.74, 6) is -0.274. The zero-order valence-electron chi connectivity index (χ0n) is 10.6. The average molecular weight is 278 g/mol. The van der Waals surface area contributed by atoms with Crippen LogP contribution in [0.2, 0.25) is 0 Å². The fourth-order valence-electron chi connectivity index (χ4n) is 1.64. The third-order valence-corrected chi connectivity index (χ3v) is 3.48. The number of phenols is 1. The number of carbonyl (C=O) groups is 1. The summed E-state index contributed by atoms with van der Waals surface area (Å²) in [4.78, 5) is 20.3. The van der Waals surface area contributed by atoms with Crippen LogP contribution in [0.25, 0.3) is 0 Å². The average Bonchev–Trinajstić information content (AvgIpc) is 2.83. The summed E-state index contributed by atoms with van der Waals surface area (Å²) < 4.78 is 0. The largest absolute Gasteiger partial charge is 0.508 e. The maximum atomic E-state index is 11.5. The van der Waals surface area contributed by atoms with Crippen molar-refractivity contribution in [2.75, 3.05) is 7.05 Å². The number of nitrogens with zero attached hydrogens (tertiary/aromatic N) is 1. The molecule has 1 aromatic carbocycles. The van der Waals surface area contributed by atoms with Crippen LogP contribution in [0.5, 0.6) is 5.75 Å². The molecule has 1 heterocycles. The highest BCUT2D eigenvalue weighted by Gasteiger charge is 2.13. The van der Waals surface area contributed by atoms with E-state index in [-0.39, 0.29) is 11.4 Å². The Bertz CT molecular complexity index is 595. The zero-order valence-corrected chi connectivity index (χ0v) is 11.5. The lowest BCUT2D eigenvalue weighted by atomic mass is 10.1. The summed E-state index contributed by atoms with van der Waals surface area (Å²) in [6.45, 7) is 1.97. The van der Waals surface area contributed by atoms with Crippen molar-refractivity contribution in [1.29, 1.82) is 0 Å². The van der Waals surface area contributed by atoms with Gasteiger partial charge >= 0.3 is 5.97 Å². The fraction of sp³-hybridized carbons (Fsp3) is 0.231. The van der Waals surface area contributed by atoms with Gasteiger partial charge in [0.15, 0.2) is 5.69 Å². The minimum absolute atomic E-state index is 0.229. The number of aromatic hydroxyl groups is 1. The highest BCUT2D eigenvalue weighted by atomic mass is 32.1. The molecule has 6 heteroatoms. The summed E-state index contributed by atoms with van der Waals surface area (Å²) in [5.41, 5.74) is 4.67. The number of carbonyl (C=O) groups excluding carboxylic acids is 1. The van der Waals surface area contributed by atoms with Crippen LogP contribution in [0.15, 0.2) is 23.6 Å².